The predicted octanol–water partition coefficient (Wildman–Crippen LogP) is 2.65. The summed E-state index contributed by atoms with van der Waals surface area (Å²) >= 11 is 11.9. The third-order valence-corrected chi connectivity index (χ3v) is 4.17. The van der Waals surface area contributed by atoms with Gasteiger partial charge in [0.1, 0.15) is 0 Å². The summed E-state index contributed by atoms with van der Waals surface area (Å²) in [5.41, 5.74) is 2.42. The molecule has 0 aromatic carbocycles. The Bertz CT molecular complexity index is 451. The van der Waals surface area contributed by atoms with Gasteiger partial charge in [0.05, 0.1) is 22.0 Å². The molecule has 1 aromatic rings. The van der Waals surface area contributed by atoms with E-state index in [-0.39, 0.29) is 10.6 Å². The van der Waals surface area contributed by atoms with E-state index >= 15 is 0 Å². The number of hydrogen-bond donors (Lipinski definition) is 2. The normalized spacial score (nSPS) is 14.6. The molecule has 0 saturated heterocycles. The summed E-state index contributed by atoms with van der Waals surface area (Å²) in [5.74, 6) is 1.06. The molecule has 0 bridgehead atoms. The zero-order valence-electron chi connectivity index (χ0n) is 8.36. The Morgan fingerprint density at radius 1 is 1.62 bits per heavy atom. The van der Waals surface area contributed by atoms with Crippen molar-refractivity contribution in [3.05, 3.63) is 27.5 Å². The van der Waals surface area contributed by atoms with Crippen LogP contribution in [-0.2, 0) is 17.9 Å². The van der Waals surface area contributed by atoms with Crippen LogP contribution in [0.2, 0.25) is 5.02 Å². The number of nitrogens with zero attached hydrogens (tertiary/aromatic N) is 1. The van der Waals surface area contributed by atoms with Gasteiger partial charge in [-0.05, 0) is 17.7 Å². The highest BCUT2D eigenvalue weighted by Crippen LogP contribution is 2.32. The number of thiol groups is 1. The number of aromatic carboxylic acids is 1. The lowest BCUT2D eigenvalue weighted by atomic mass is 10.0. The second-order valence-corrected chi connectivity index (χ2v) is 5.24. The van der Waals surface area contributed by atoms with Crippen LogP contribution in [0, 0.1) is 0 Å². The summed E-state index contributed by atoms with van der Waals surface area (Å²) in [5, 5.41) is 9.44. The van der Waals surface area contributed by atoms with Gasteiger partial charge in [0.2, 0.25) is 0 Å². The first-order valence-electron chi connectivity index (χ1n) is 4.77. The Morgan fingerprint density at radius 2 is 2.38 bits per heavy atom. The maximum Gasteiger partial charge on any atom is 0.337 e. The van der Waals surface area contributed by atoms with E-state index in [2.05, 4.69) is 17.6 Å². The first kappa shape index (κ1) is 12.1. The SMILES string of the molecule is O=C(O)c1c(Cl)c(CS)nc2c1CCSC2. The number of carboxylic acids is 1. The van der Waals surface area contributed by atoms with Crippen molar-refractivity contribution in [1.29, 1.82) is 0 Å². The number of rotatable bonds is 2. The molecule has 2 heterocycles. The van der Waals surface area contributed by atoms with E-state index in [9.17, 15) is 9.90 Å². The Balaban J connectivity index is 2.67. The van der Waals surface area contributed by atoms with Gasteiger partial charge < -0.3 is 5.11 Å². The van der Waals surface area contributed by atoms with Crippen molar-refractivity contribution in [1.82, 2.24) is 4.98 Å². The molecule has 0 aliphatic carbocycles. The molecule has 86 valence electrons. The molecular formula is C10H10ClNO2S2. The van der Waals surface area contributed by atoms with Crippen LogP contribution in [0.25, 0.3) is 0 Å². The molecule has 0 saturated carbocycles. The molecule has 0 radical (unpaired) electrons. The van der Waals surface area contributed by atoms with Gasteiger partial charge in [-0.25, -0.2) is 4.79 Å². The molecule has 0 unspecified atom stereocenters. The minimum Gasteiger partial charge on any atom is -0.478 e. The van der Waals surface area contributed by atoms with Gasteiger partial charge in [-0.3, -0.25) is 4.98 Å². The van der Waals surface area contributed by atoms with Crippen molar-refractivity contribution in [2.75, 3.05) is 5.75 Å². The number of carbonyl (C=O) groups is 1. The van der Waals surface area contributed by atoms with Crippen molar-refractivity contribution < 1.29 is 9.90 Å². The highest BCUT2D eigenvalue weighted by atomic mass is 35.5. The fraction of sp³-hybridized carbons (Fsp3) is 0.400. The highest BCUT2D eigenvalue weighted by molar-refractivity contribution is 7.98. The molecule has 0 amide bonds. The number of aromatic nitrogens is 1. The topological polar surface area (TPSA) is 50.2 Å². The minimum atomic E-state index is -0.974. The third kappa shape index (κ3) is 2.04. The maximum absolute atomic E-state index is 11.2. The first-order chi connectivity index (χ1) is 7.65. The number of thioether (sulfide) groups is 1. The number of halogens is 1. The van der Waals surface area contributed by atoms with E-state index in [0.29, 0.717) is 11.4 Å². The van der Waals surface area contributed by atoms with E-state index < -0.39 is 5.97 Å². The van der Waals surface area contributed by atoms with Gasteiger partial charge in [-0.15, -0.1) is 0 Å². The molecule has 0 fully saturated rings. The zero-order chi connectivity index (χ0) is 11.7. The standard InChI is InChI=1S/C10H10ClNO2S2/c11-9-6(3-15)12-7-4-16-2-1-5(7)8(9)10(13)14/h15H,1-4H2,(H,13,14). The Hall–Kier alpha value is -0.390. The van der Waals surface area contributed by atoms with E-state index in [4.69, 9.17) is 11.6 Å². The highest BCUT2D eigenvalue weighted by Gasteiger charge is 2.24. The van der Waals surface area contributed by atoms with Crippen molar-refractivity contribution in [3.63, 3.8) is 0 Å². The second kappa shape index (κ2) is 4.85. The summed E-state index contributed by atoms with van der Waals surface area (Å²) in [6, 6.07) is 0. The molecule has 16 heavy (non-hydrogen) atoms. The number of hydrogen-bond acceptors (Lipinski definition) is 4. The first-order valence-corrected chi connectivity index (χ1v) is 6.93. The molecule has 2 rings (SSSR count). The smallest absolute Gasteiger partial charge is 0.337 e. The second-order valence-electron chi connectivity index (χ2n) is 3.44. The fourth-order valence-corrected chi connectivity index (χ4v) is 3.31. The van der Waals surface area contributed by atoms with Crippen LogP contribution in [0.1, 0.15) is 27.3 Å². The number of fused-ring (bicyclic) bond motifs is 1. The lowest BCUT2D eigenvalue weighted by Gasteiger charge is -2.19. The van der Waals surface area contributed by atoms with Crippen LogP contribution in [-0.4, -0.2) is 21.8 Å². The molecule has 1 aromatic heterocycles. The number of carboxylic acid groups (broad SMARTS) is 1. The van der Waals surface area contributed by atoms with Crippen LogP contribution in [0.4, 0.5) is 0 Å². The average molecular weight is 276 g/mol. The van der Waals surface area contributed by atoms with Crippen molar-refractivity contribution in [2.24, 2.45) is 0 Å². The van der Waals surface area contributed by atoms with E-state index in [1.807, 2.05) is 0 Å². The Morgan fingerprint density at radius 3 is 3.00 bits per heavy atom. The molecule has 0 spiro atoms. The molecule has 1 N–H and O–H groups in total. The van der Waals surface area contributed by atoms with Crippen molar-refractivity contribution >= 4 is 42.0 Å². The van der Waals surface area contributed by atoms with Gasteiger partial charge in [0.15, 0.2) is 0 Å². The van der Waals surface area contributed by atoms with Gasteiger partial charge in [-0.2, -0.15) is 24.4 Å². The quantitative estimate of drug-likeness (QED) is 0.815. The number of pyridine rings is 1. The van der Waals surface area contributed by atoms with Crippen LogP contribution in [0.3, 0.4) is 0 Å². The van der Waals surface area contributed by atoms with Crippen LogP contribution in [0.15, 0.2) is 0 Å². The van der Waals surface area contributed by atoms with E-state index in [1.54, 1.807) is 11.8 Å². The summed E-state index contributed by atoms with van der Waals surface area (Å²) in [7, 11) is 0. The van der Waals surface area contributed by atoms with Crippen molar-refractivity contribution in [3.8, 4) is 0 Å². The summed E-state index contributed by atoms with van der Waals surface area (Å²) in [4.78, 5) is 15.6. The lowest BCUT2D eigenvalue weighted by molar-refractivity contribution is 0.0695. The lowest BCUT2D eigenvalue weighted by Crippen LogP contribution is -2.15. The summed E-state index contributed by atoms with van der Waals surface area (Å²) < 4.78 is 0. The van der Waals surface area contributed by atoms with Gasteiger partial charge in [0, 0.05) is 11.5 Å². The Kier molecular flexibility index (Phi) is 3.66. The van der Waals surface area contributed by atoms with Crippen LogP contribution in [0.5, 0.6) is 0 Å². The van der Waals surface area contributed by atoms with E-state index in [0.717, 1.165) is 29.2 Å². The van der Waals surface area contributed by atoms with Crippen LogP contribution >= 0.6 is 36.0 Å². The van der Waals surface area contributed by atoms with Crippen molar-refractivity contribution in [2.45, 2.75) is 17.9 Å². The molecule has 3 nitrogen and oxygen atoms in total. The average Bonchev–Trinajstić information content (AvgIpc) is 2.27. The molecular weight excluding hydrogens is 266 g/mol. The van der Waals surface area contributed by atoms with Crippen LogP contribution < -0.4 is 0 Å². The minimum absolute atomic E-state index is 0.219. The Labute approximate surface area is 108 Å². The van der Waals surface area contributed by atoms with Gasteiger partial charge >= 0.3 is 5.97 Å². The fourth-order valence-electron chi connectivity index (χ4n) is 1.76. The molecule has 1 aliphatic heterocycles. The molecule has 1 aliphatic rings. The maximum atomic E-state index is 11.2. The monoisotopic (exact) mass is 275 g/mol. The summed E-state index contributed by atoms with van der Waals surface area (Å²) in [6.07, 6.45) is 0.723. The van der Waals surface area contributed by atoms with Gasteiger partial charge in [0.25, 0.3) is 0 Å². The summed E-state index contributed by atoms with van der Waals surface area (Å²) in [6.45, 7) is 0. The third-order valence-electron chi connectivity index (χ3n) is 2.49. The van der Waals surface area contributed by atoms with E-state index in [1.165, 1.54) is 0 Å². The largest absolute Gasteiger partial charge is 0.478 e. The zero-order valence-corrected chi connectivity index (χ0v) is 10.8. The predicted molar refractivity (Wildman–Crippen MR) is 68.8 cm³/mol. The molecule has 0 atom stereocenters. The molecule has 6 heteroatoms. The van der Waals surface area contributed by atoms with Gasteiger partial charge in [-0.1, -0.05) is 11.6 Å².